The van der Waals surface area contributed by atoms with E-state index in [1.165, 1.54) is 6.92 Å². The fourth-order valence-electron chi connectivity index (χ4n) is 9.64. The van der Waals surface area contributed by atoms with Crippen LogP contribution in [0.25, 0.3) is 0 Å². The van der Waals surface area contributed by atoms with Crippen molar-refractivity contribution >= 4 is 11.6 Å². The number of fused-ring (bicyclic) bond motifs is 7. The molecule has 0 spiro atoms. The lowest BCUT2D eigenvalue weighted by Crippen LogP contribution is -2.71. The number of rotatable bonds is 2. The van der Waals surface area contributed by atoms with Gasteiger partial charge in [-0.3, -0.25) is 9.59 Å². The highest BCUT2D eigenvalue weighted by molar-refractivity contribution is 5.97. The average Bonchev–Trinajstić information content (AvgIpc) is 3.03. The molecule has 0 heterocycles. The summed E-state index contributed by atoms with van der Waals surface area (Å²) in [6.07, 6.45) is -3.04. The number of aliphatic hydroxyl groups excluding tert-OH is 2. The lowest BCUT2D eigenvalue weighted by Gasteiger charge is -2.65. The van der Waals surface area contributed by atoms with Gasteiger partial charge in [-0.05, 0) is 53.6 Å². The minimum atomic E-state index is -2.84. The van der Waals surface area contributed by atoms with Gasteiger partial charge >= 0.3 is 0 Å². The normalized spacial score (nSPS) is 54.6. The molecular weight excluding hydrogens is 422 g/mol. The lowest BCUT2D eigenvalue weighted by molar-refractivity contribution is -0.251. The molecule has 0 aromatic carbocycles. The molecule has 0 aromatic rings. The smallest absolute Gasteiger partial charge is 0.229 e. The van der Waals surface area contributed by atoms with Gasteiger partial charge in [0.05, 0.1) is 6.10 Å². The van der Waals surface area contributed by atoms with Crippen LogP contribution < -0.4 is 0 Å². The number of halogens is 2. The minimum Gasteiger partial charge on any atom is -0.390 e. The summed E-state index contributed by atoms with van der Waals surface area (Å²) in [6, 6.07) is 0. The first kappa shape index (κ1) is 22.6. The maximum atomic E-state index is 17.2. The SMILES string of the molecule is CC1(C)[C@@H]2C[C@H]3[C@@H]4C[C@H](F)C5=CC(=O)C(O)(O)C[C@]5(C)[C@@]4(F)[C@@H](O)C[C@]3(C)[C@@]21C(=O)CO. The quantitative estimate of drug-likeness (QED) is 0.472. The molecule has 178 valence electrons. The zero-order valence-corrected chi connectivity index (χ0v) is 18.9. The van der Waals surface area contributed by atoms with Crippen molar-refractivity contribution in [2.75, 3.05) is 6.61 Å². The van der Waals surface area contributed by atoms with Crippen LogP contribution in [-0.4, -0.2) is 62.3 Å². The first-order valence-corrected chi connectivity index (χ1v) is 11.4. The molecule has 0 amide bonds. The van der Waals surface area contributed by atoms with Crippen LogP contribution in [0.2, 0.25) is 0 Å². The Morgan fingerprint density at radius 1 is 1.16 bits per heavy atom. The standard InChI is InChI=1S/C24H32F2O6/c1-19(2)15-6-11-12-5-14(25)13-7-16(28)22(31,32)10-21(13,4)24(12,26)17(29)8-20(11,3)23(15,19)18(30)9-27/h7,11-12,14-15,17,27,29,31-32H,5-6,8-10H2,1-4H3/t11-,12-,14-,15-,17-,20-,21-,23+,24-/m0/s1. The molecule has 0 aromatic heterocycles. The number of carbonyl (C=O) groups is 2. The Balaban J connectivity index is 1.66. The third kappa shape index (κ3) is 2.02. The van der Waals surface area contributed by atoms with Crippen LogP contribution in [0, 0.1) is 39.4 Å². The Kier molecular flexibility index (Phi) is 4.15. The van der Waals surface area contributed by atoms with E-state index in [2.05, 4.69) is 0 Å². The molecule has 5 aliphatic rings. The van der Waals surface area contributed by atoms with Gasteiger partial charge in [0.2, 0.25) is 11.6 Å². The second kappa shape index (κ2) is 5.88. The molecule has 6 nitrogen and oxygen atoms in total. The second-order valence-electron chi connectivity index (χ2n) is 12.0. The van der Waals surface area contributed by atoms with Crippen molar-refractivity contribution in [3.8, 4) is 0 Å². The van der Waals surface area contributed by atoms with E-state index in [0.29, 0.717) is 6.42 Å². The number of hydrogen-bond donors (Lipinski definition) is 4. The molecule has 0 saturated heterocycles. The van der Waals surface area contributed by atoms with Crippen LogP contribution >= 0.6 is 0 Å². The summed E-state index contributed by atoms with van der Waals surface area (Å²) >= 11 is 0. The first-order valence-electron chi connectivity index (χ1n) is 11.4. The highest BCUT2D eigenvalue weighted by Gasteiger charge is 2.89. The third-order valence-electron chi connectivity index (χ3n) is 10.8. The highest BCUT2D eigenvalue weighted by Crippen LogP contribution is 2.88. The molecule has 0 radical (unpaired) electrons. The molecule has 5 aliphatic carbocycles. The molecule has 0 bridgehead atoms. The van der Waals surface area contributed by atoms with Crippen molar-refractivity contribution in [2.24, 2.45) is 39.4 Å². The average molecular weight is 455 g/mol. The fourth-order valence-corrected chi connectivity index (χ4v) is 9.64. The number of Topliss-reactive ketones (excluding diaryl/α,β-unsaturated/α-hetero) is 1. The number of carbonyl (C=O) groups excluding carboxylic acids is 2. The number of alkyl halides is 2. The zero-order chi connectivity index (χ0) is 23.9. The molecule has 4 fully saturated rings. The molecular formula is C24H32F2O6. The molecule has 0 aliphatic heterocycles. The lowest BCUT2D eigenvalue weighted by atomic mass is 9.42. The Bertz CT molecular complexity index is 960. The van der Waals surface area contributed by atoms with Gasteiger partial charge in [0.1, 0.15) is 18.4 Å². The molecule has 0 unspecified atom stereocenters. The van der Waals surface area contributed by atoms with Crippen molar-refractivity contribution < 1.29 is 38.8 Å². The van der Waals surface area contributed by atoms with Gasteiger partial charge < -0.3 is 20.4 Å². The van der Waals surface area contributed by atoms with Gasteiger partial charge in [-0.25, -0.2) is 8.78 Å². The Morgan fingerprint density at radius 3 is 2.38 bits per heavy atom. The second-order valence-corrected chi connectivity index (χ2v) is 12.0. The van der Waals surface area contributed by atoms with Gasteiger partial charge in [-0.15, -0.1) is 0 Å². The van der Waals surface area contributed by atoms with Crippen molar-refractivity contribution in [3.05, 3.63) is 11.6 Å². The van der Waals surface area contributed by atoms with E-state index in [-0.39, 0.29) is 30.1 Å². The van der Waals surface area contributed by atoms with Gasteiger partial charge in [-0.1, -0.05) is 27.7 Å². The van der Waals surface area contributed by atoms with E-state index in [4.69, 9.17) is 0 Å². The summed E-state index contributed by atoms with van der Waals surface area (Å²) in [5.74, 6) is -5.74. The highest BCUT2D eigenvalue weighted by atomic mass is 19.1. The Hall–Kier alpha value is -1.22. The van der Waals surface area contributed by atoms with Crippen LogP contribution in [0.1, 0.15) is 53.4 Å². The van der Waals surface area contributed by atoms with E-state index in [1.807, 2.05) is 20.8 Å². The fraction of sp³-hybridized carbons (Fsp3) is 0.833. The van der Waals surface area contributed by atoms with Crippen LogP contribution in [0.4, 0.5) is 8.78 Å². The zero-order valence-electron chi connectivity index (χ0n) is 18.9. The first-order chi connectivity index (χ1) is 14.6. The van der Waals surface area contributed by atoms with Crippen LogP contribution in [0.3, 0.4) is 0 Å². The van der Waals surface area contributed by atoms with Gasteiger partial charge in [0.25, 0.3) is 0 Å². The summed E-state index contributed by atoms with van der Waals surface area (Å²) < 4.78 is 32.7. The number of aliphatic hydroxyl groups is 4. The van der Waals surface area contributed by atoms with Crippen molar-refractivity contribution in [3.63, 3.8) is 0 Å². The predicted octanol–water partition coefficient (Wildman–Crippen LogP) is 1.63. The summed E-state index contributed by atoms with van der Waals surface area (Å²) in [7, 11) is 0. The van der Waals surface area contributed by atoms with Crippen molar-refractivity contribution in [1.82, 2.24) is 0 Å². The molecule has 8 heteroatoms. The van der Waals surface area contributed by atoms with E-state index < -0.39 is 76.0 Å². The molecule has 4 saturated carbocycles. The van der Waals surface area contributed by atoms with Gasteiger partial charge in [-0.2, -0.15) is 0 Å². The maximum Gasteiger partial charge on any atom is 0.229 e. The summed E-state index contributed by atoms with van der Waals surface area (Å²) in [5, 5.41) is 41.6. The summed E-state index contributed by atoms with van der Waals surface area (Å²) in [4.78, 5) is 25.2. The Morgan fingerprint density at radius 2 is 1.78 bits per heavy atom. The van der Waals surface area contributed by atoms with Crippen molar-refractivity contribution in [1.29, 1.82) is 0 Å². The third-order valence-corrected chi connectivity index (χ3v) is 10.8. The number of ketones is 2. The molecule has 4 N–H and O–H groups in total. The monoisotopic (exact) mass is 454 g/mol. The summed E-state index contributed by atoms with van der Waals surface area (Å²) in [5.41, 5.74) is -6.48. The van der Waals surface area contributed by atoms with Crippen molar-refractivity contribution in [2.45, 2.75) is 77.1 Å². The largest absolute Gasteiger partial charge is 0.390 e. The molecule has 5 rings (SSSR count). The van der Waals surface area contributed by atoms with Gasteiger partial charge in [0, 0.05) is 23.2 Å². The summed E-state index contributed by atoms with van der Waals surface area (Å²) in [6.45, 7) is 6.49. The van der Waals surface area contributed by atoms with E-state index in [0.717, 1.165) is 6.08 Å². The molecule has 32 heavy (non-hydrogen) atoms. The number of allylic oxidation sites excluding steroid dienone is 1. The van der Waals surface area contributed by atoms with Crippen LogP contribution in [0.5, 0.6) is 0 Å². The van der Waals surface area contributed by atoms with E-state index in [1.54, 1.807) is 0 Å². The molecule has 9 atom stereocenters. The van der Waals surface area contributed by atoms with Crippen LogP contribution in [0.15, 0.2) is 11.6 Å². The maximum absolute atomic E-state index is 17.2. The van der Waals surface area contributed by atoms with Gasteiger partial charge in [0.15, 0.2) is 5.78 Å². The van der Waals surface area contributed by atoms with Crippen LogP contribution in [-0.2, 0) is 9.59 Å². The predicted molar refractivity (Wildman–Crippen MR) is 108 cm³/mol. The Labute approximate surface area is 185 Å². The number of hydrogen-bond acceptors (Lipinski definition) is 6. The topological polar surface area (TPSA) is 115 Å². The van der Waals surface area contributed by atoms with E-state index >= 15 is 8.78 Å². The minimum absolute atomic E-state index is 0.0615. The van der Waals surface area contributed by atoms with E-state index in [9.17, 15) is 30.0 Å².